The van der Waals surface area contributed by atoms with Gasteiger partial charge < -0.3 is 19.5 Å². The molecule has 0 aromatic carbocycles. The Morgan fingerprint density at radius 1 is 1.21 bits per heavy atom. The summed E-state index contributed by atoms with van der Waals surface area (Å²) >= 11 is 0. The molecule has 1 saturated heterocycles. The van der Waals surface area contributed by atoms with Crippen LogP contribution in [0.15, 0.2) is 52.2 Å². The molecule has 1 aliphatic heterocycles. The van der Waals surface area contributed by atoms with Crippen molar-refractivity contribution < 1.29 is 4.42 Å². The van der Waals surface area contributed by atoms with E-state index in [-0.39, 0.29) is 24.0 Å². The minimum absolute atomic E-state index is 0. The smallest absolute Gasteiger partial charge is 0.216 e. The van der Waals surface area contributed by atoms with Crippen LogP contribution in [0.25, 0.3) is 11.6 Å². The Labute approximate surface area is 186 Å². The van der Waals surface area contributed by atoms with Crippen LogP contribution in [0.2, 0.25) is 0 Å². The first-order valence-corrected chi connectivity index (χ1v) is 9.48. The van der Waals surface area contributed by atoms with Crippen molar-refractivity contribution in [3.8, 4) is 11.6 Å². The number of aliphatic imine (C=N–C) groups is 1. The summed E-state index contributed by atoms with van der Waals surface area (Å²) in [6, 6.07) is 9.67. The highest BCUT2D eigenvalue weighted by Crippen LogP contribution is 2.15. The molecule has 0 aliphatic carbocycles. The molecular formula is C19H25IN8O. The number of aromatic amines is 1. The van der Waals surface area contributed by atoms with Gasteiger partial charge in [-0.1, -0.05) is 6.07 Å². The number of hydrogen-bond donors (Lipinski definition) is 2. The second-order valence-electron chi connectivity index (χ2n) is 6.42. The number of H-pyrrole nitrogens is 1. The molecule has 0 atom stereocenters. The van der Waals surface area contributed by atoms with Crippen LogP contribution >= 0.6 is 24.0 Å². The molecule has 1 aliphatic rings. The second-order valence-corrected chi connectivity index (χ2v) is 6.42. The Hall–Kier alpha value is -2.63. The first-order chi connectivity index (χ1) is 13.8. The molecule has 0 saturated carbocycles. The maximum Gasteiger partial charge on any atom is 0.216 e. The first-order valence-electron chi connectivity index (χ1n) is 9.48. The number of rotatable bonds is 5. The quantitative estimate of drug-likeness (QED) is 0.310. The number of nitrogens with one attached hydrogen (secondary N) is 2. The minimum atomic E-state index is 0. The van der Waals surface area contributed by atoms with Crippen molar-refractivity contribution in [1.82, 2.24) is 30.4 Å². The van der Waals surface area contributed by atoms with Crippen LogP contribution in [-0.4, -0.2) is 63.7 Å². The average molecular weight is 508 g/mol. The number of piperazine rings is 1. The summed E-state index contributed by atoms with van der Waals surface area (Å²) in [4.78, 5) is 18.2. The highest BCUT2D eigenvalue weighted by Gasteiger charge is 2.20. The molecule has 0 unspecified atom stereocenters. The van der Waals surface area contributed by atoms with Gasteiger partial charge in [0.1, 0.15) is 18.2 Å². The Morgan fingerprint density at radius 3 is 2.76 bits per heavy atom. The van der Waals surface area contributed by atoms with E-state index in [1.54, 1.807) is 6.26 Å². The van der Waals surface area contributed by atoms with Crippen molar-refractivity contribution in [3.05, 3.63) is 48.6 Å². The summed E-state index contributed by atoms with van der Waals surface area (Å²) in [6.45, 7) is 6.90. The lowest BCUT2D eigenvalue weighted by atomic mass is 10.3. The van der Waals surface area contributed by atoms with Crippen LogP contribution in [0.5, 0.6) is 0 Å². The molecule has 4 heterocycles. The van der Waals surface area contributed by atoms with Crippen molar-refractivity contribution in [2.75, 3.05) is 37.6 Å². The first kappa shape index (κ1) is 21.1. The lowest BCUT2D eigenvalue weighted by molar-refractivity contribution is 0.371. The van der Waals surface area contributed by atoms with E-state index in [4.69, 9.17) is 9.41 Å². The molecule has 4 rings (SSSR count). The fourth-order valence-electron chi connectivity index (χ4n) is 3.15. The molecule has 10 heteroatoms. The highest BCUT2D eigenvalue weighted by atomic mass is 127. The maximum absolute atomic E-state index is 5.33. The van der Waals surface area contributed by atoms with E-state index in [1.807, 2.05) is 30.5 Å². The zero-order valence-electron chi connectivity index (χ0n) is 16.3. The minimum Gasteiger partial charge on any atom is -0.461 e. The van der Waals surface area contributed by atoms with Crippen molar-refractivity contribution >= 4 is 35.8 Å². The summed E-state index contributed by atoms with van der Waals surface area (Å²) in [6.07, 6.45) is 3.44. The van der Waals surface area contributed by atoms with Crippen LogP contribution in [0.1, 0.15) is 12.7 Å². The van der Waals surface area contributed by atoms with Crippen molar-refractivity contribution in [2.24, 2.45) is 4.99 Å². The second kappa shape index (κ2) is 10.2. The topological polar surface area (TPSA) is 98.5 Å². The number of pyridine rings is 1. The van der Waals surface area contributed by atoms with E-state index < -0.39 is 0 Å². The summed E-state index contributed by atoms with van der Waals surface area (Å²) in [5, 5.41) is 10.5. The third-order valence-corrected chi connectivity index (χ3v) is 4.54. The van der Waals surface area contributed by atoms with Crippen LogP contribution in [-0.2, 0) is 6.54 Å². The van der Waals surface area contributed by atoms with Gasteiger partial charge in [-0.05, 0) is 31.2 Å². The van der Waals surface area contributed by atoms with Crippen LogP contribution in [0.3, 0.4) is 0 Å². The number of nitrogens with zero attached hydrogens (tertiary/aromatic N) is 6. The summed E-state index contributed by atoms with van der Waals surface area (Å²) in [5.74, 6) is 3.80. The van der Waals surface area contributed by atoms with E-state index in [9.17, 15) is 0 Å². The van der Waals surface area contributed by atoms with E-state index in [2.05, 4.69) is 48.3 Å². The fraction of sp³-hybridized carbons (Fsp3) is 0.368. The molecule has 154 valence electrons. The molecule has 0 bridgehead atoms. The predicted octanol–water partition coefficient (Wildman–Crippen LogP) is 2.37. The van der Waals surface area contributed by atoms with Crippen molar-refractivity contribution in [2.45, 2.75) is 13.5 Å². The molecular weight excluding hydrogens is 483 g/mol. The van der Waals surface area contributed by atoms with Gasteiger partial charge in [-0.2, -0.15) is 0 Å². The summed E-state index contributed by atoms with van der Waals surface area (Å²) in [5.41, 5.74) is 0. The van der Waals surface area contributed by atoms with Gasteiger partial charge >= 0.3 is 0 Å². The average Bonchev–Trinajstić information content (AvgIpc) is 3.44. The Morgan fingerprint density at radius 2 is 2.07 bits per heavy atom. The fourth-order valence-corrected chi connectivity index (χ4v) is 3.15. The Bertz CT molecular complexity index is 888. The molecule has 1 fully saturated rings. The maximum atomic E-state index is 5.33. The lowest BCUT2D eigenvalue weighted by Gasteiger charge is -2.37. The number of halogens is 1. The molecule has 29 heavy (non-hydrogen) atoms. The largest absolute Gasteiger partial charge is 0.461 e. The predicted molar refractivity (Wildman–Crippen MR) is 122 cm³/mol. The number of hydrogen-bond acceptors (Lipinski definition) is 6. The van der Waals surface area contributed by atoms with E-state index in [0.29, 0.717) is 24.0 Å². The van der Waals surface area contributed by atoms with Gasteiger partial charge in [-0.3, -0.25) is 5.10 Å². The summed E-state index contributed by atoms with van der Waals surface area (Å²) < 4.78 is 5.33. The van der Waals surface area contributed by atoms with E-state index in [1.165, 1.54) is 0 Å². The number of furan rings is 1. The molecule has 9 nitrogen and oxygen atoms in total. The van der Waals surface area contributed by atoms with Crippen molar-refractivity contribution in [1.29, 1.82) is 0 Å². The van der Waals surface area contributed by atoms with Gasteiger partial charge in [0.15, 0.2) is 11.7 Å². The zero-order valence-corrected chi connectivity index (χ0v) is 18.6. The van der Waals surface area contributed by atoms with Crippen LogP contribution in [0.4, 0.5) is 5.82 Å². The Balaban J connectivity index is 0.00000240. The Kier molecular flexibility index (Phi) is 7.44. The SMILES string of the molecule is CCNC(=NCc1nc(-c2ccco2)n[nH]1)N1CCN(c2ccccn2)CC1.I. The molecule has 2 N–H and O–H groups in total. The summed E-state index contributed by atoms with van der Waals surface area (Å²) in [7, 11) is 0. The number of aromatic nitrogens is 4. The molecule has 0 radical (unpaired) electrons. The normalized spacial score (nSPS) is 14.6. The monoisotopic (exact) mass is 508 g/mol. The molecule has 0 amide bonds. The number of guanidine groups is 1. The van der Waals surface area contributed by atoms with Gasteiger partial charge in [-0.15, -0.1) is 29.1 Å². The zero-order chi connectivity index (χ0) is 19.2. The van der Waals surface area contributed by atoms with Crippen LogP contribution in [0, 0.1) is 0 Å². The molecule has 0 spiro atoms. The van der Waals surface area contributed by atoms with Gasteiger partial charge in [0.05, 0.1) is 6.26 Å². The molecule has 3 aromatic heterocycles. The number of anilines is 1. The van der Waals surface area contributed by atoms with Gasteiger partial charge in [0.25, 0.3) is 0 Å². The van der Waals surface area contributed by atoms with Gasteiger partial charge in [0.2, 0.25) is 5.82 Å². The molecule has 3 aromatic rings. The van der Waals surface area contributed by atoms with Gasteiger partial charge in [0, 0.05) is 38.9 Å². The van der Waals surface area contributed by atoms with Gasteiger partial charge in [-0.25, -0.2) is 15.0 Å². The van der Waals surface area contributed by atoms with E-state index >= 15 is 0 Å². The van der Waals surface area contributed by atoms with Crippen molar-refractivity contribution in [3.63, 3.8) is 0 Å². The lowest BCUT2D eigenvalue weighted by Crippen LogP contribution is -2.52. The third kappa shape index (κ3) is 5.25. The third-order valence-electron chi connectivity index (χ3n) is 4.54. The highest BCUT2D eigenvalue weighted by molar-refractivity contribution is 14.0. The van der Waals surface area contributed by atoms with Crippen LogP contribution < -0.4 is 10.2 Å². The standard InChI is InChI=1S/C19H24N8O.HI/c1-2-20-19(22-14-16-23-18(25-24-16)15-6-5-13-28-15)27-11-9-26(10-12-27)17-7-3-4-8-21-17;/h3-8,13H,2,9-12,14H2,1H3,(H,20,22)(H,23,24,25);1H. The van der Waals surface area contributed by atoms with E-state index in [0.717, 1.165) is 44.5 Å².